The zero-order chi connectivity index (χ0) is 20.9. The van der Waals surface area contributed by atoms with Crippen LogP contribution in [0.15, 0.2) is 48.5 Å². The maximum absolute atomic E-state index is 12.2. The molecule has 1 atom stereocenters. The second-order valence-corrected chi connectivity index (χ2v) is 7.02. The van der Waals surface area contributed by atoms with Crippen LogP contribution in [0.3, 0.4) is 0 Å². The van der Waals surface area contributed by atoms with Gasteiger partial charge in [0.15, 0.2) is 0 Å². The van der Waals surface area contributed by atoms with Crippen molar-refractivity contribution < 1.29 is 27.8 Å². The monoisotopic (exact) mass is 408 g/mol. The summed E-state index contributed by atoms with van der Waals surface area (Å²) in [5.41, 5.74) is 2.84. The van der Waals surface area contributed by atoms with Crippen molar-refractivity contribution in [2.45, 2.75) is 31.9 Å². The summed E-state index contributed by atoms with van der Waals surface area (Å²) in [5.74, 6) is -0.796. The van der Waals surface area contributed by atoms with Gasteiger partial charge in [0.05, 0.1) is 6.10 Å². The zero-order valence-corrected chi connectivity index (χ0v) is 15.8. The number of carbonyl (C=O) groups excluding carboxylic acids is 1. The molecule has 1 aliphatic rings. The second kappa shape index (κ2) is 9.28. The molecule has 0 bridgehead atoms. The molecule has 0 spiro atoms. The van der Waals surface area contributed by atoms with E-state index in [0.717, 1.165) is 31.6 Å². The van der Waals surface area contributed by atoms with Crippen LogP contribution in [0.5, 0.6) is 5.75 Å². The minimum absolute atomic E-state index is 0.224. The van der Waals surface area contributed by atoms with Crippen molar-refractivity contribution in [3.8, 4) is 5.75 Å². The van der Waals surface area contributed by atoms with E-state index in [0.29, 0.717) is 13.0 Å². The van der Waals surface area contributed by atoms with Gasteiger partial charge in [-0.25, -0.2) is 0 Å². The number of fused-ring (bicyclic) bond motifs is 1. The molecule has 1 aliphatic heterocycles. The van der Waals surface area contributed by atoms with Crippen LogP contribution >= 0.6 is 0 Å². The number of alkyl halides is 3. The number of aliphatic hydroxyl groups excluding tert-OH is 1. The molecular weight excluding hydrogens is 385 g/mol. The molecule has 0 fully saturated rings. The third kappa shape index (κ3) is 6.47. The molecular formula is C21H23F3N2O3. The van der Waals surface area contributed by atoms with Crippen molar-refractivity contribution in [2.75, 3.05) is 19.6 Å². The average molecular weight is 408 g/mol. The van der Waals surface area contributed by atoms with Crippen LogP contribution in [-0.4, -0.2) is 48.0 Å². The largest absolute Gasteiger partial charge is 0.573 e. The number of halogens is 3. The van der Waals surface area contributed by atoms with E-state index in [1.165, 1.54) is 23.3 Å². The van der Waals surface area contributed by atoms with Gasteiger partial charge in [-0.2, -0.15) is 0 Å². The van der Waals surface area contributed by atoms with E-state index in [2.05, 4.69) is 27.1 Å². The minimum Gasteiger partial charge on any atom is -0.406 e. The summed E-state index contributed by atoms with van der Waals surface area (Å²) in [4.78, 5) is 14.3. The molecule has 1 unspecified atom stereocenters. The number of benzene rings is 2. The topological polar surface area (TPSA) is 61.8 Å². The first-order valence-electron chi connectivity index (χ1n) is 9.41. The number of nitrogens with zero attached hydrogens (tertiary/aromatic N) is 1. The number of rotatable bonds is 7. The quantitative estimate of drug-likeness (QED) is 0.739. The maximum atomic E-state index is 12.2. The van der Waals surface area contributed by atoms with Gasteiger partial charge in [0.25, 0.3) is 5.91 Å². The zero-order valence-electron chi connectivity index (χ0n) is 15.8. The van der Waals surface area contributed by atoms with Crippen molar-refractivity contribution in [3.63, 3.8) is 0 Å². The van der Waals surface area contributed by atoms with Gasteiger partial charge in [-0.3, -0.25) is 9.69 Å². The number of carbonyl (C=O) groups is 1. The molecule has 0 saturated heterocycles. The van der Waals surface area contributed by atoms with Crippen LogP contribution in [0.25, 0.3) is 0 Å². The Morgan fingerprint density at radius 1 is 1.14 bits per heavy atom. The summed E-state index contributed by atoms with van der Waals surface area (Å²) >= 11 is 0. The minimum atomic E-state index is -4.77. The van der Waals surface area contributed by atoms with Gasteiger partial charge in [-0.1, -0.05) is 24.3 Å². The molecule has 1 amide bonds. The molecule has 2 aromatic carbocycles. The number of nitrogens with one attached hydrogen (secondary N) is 1. The van der Waals surface area contributed by atoms with Crippen LogP contribution in [0.4, 0.5) is 13.2 Å². The number of hydrogen-bond acceptors (Lipinski definition) is 4. The lowest BCUT2D eigenvalue weighted by Gasteiger charge is -2.30. The van der Waals surface area contributed by atoms with Gasteiger partial charge in [0.1, 0.15) is 5.75 Å². The predicted octanol–water partition coefficient (Wildman–Crippen LogP) is 3.12. The maximum Gasteiger partial charge on any atom is 0.573 e. The summed E-state index contributed by atoms with van der Waals surface area (Å²) in [5, 5.41) is 12.9. The lowest BCUT2D eigenvalue weighted by Crippen LogP contribution is -2.38. The van der Waals surface area contributed by atoms with E-state index in [1.54, 1.807) is 0 Å². The van der Waals surface area contributed by atoms with Gasteiger partial charge < -0.3 is 15.2 Å². The number of aliphatic hydroxyl groups is 1. The van der Waals surface area contributed by atoms with Crippen molar-refractivity contribution in [2.24, 2.45) is 0 Å². The smallest absolute Gasteiger partial charge is 0.406 e. The Bertz CT molecular complexity index is 825. The Kier molecular flexibility index (Phi) is 6.76. The molecule has 1 heterocycles. The number of β-amino-alcohol motifs (C(OH)–C–C–N with tert-alkyl or cyclic N) is 1. The number of amides is 1. The second-order valence-electron chi connectivity index (χ2n) is 7.02. The van der Waals surface area contributed by atoms with Gasteiger partial charge >= 0.3 is 6.36 Å². The average Bonchev–Trinajstić information content (AvgIpc) is 2.67. The van der Waals surface area contributed by atoms with Gasteiger partial charge in [-0.15, -0.1) is 13.2 Å². The molecule has 156 valence electrons. The fourth-order valence-electron chi connectivity index (χ4n) is 3.36. The first kappa shape index (κ1) is 21.1. The van der Waals surface area contributed by atoms with E-state index in [9.17, 15) is 23.1 Å². The molecule has 8 heteroatoms. The Morgan fingerprint density at radius 3 is 2.52 bits per heavy atom. The van der Waals surface area contributed by atoms with E-state index < -0.39 is 18.4 Å². The highest BCUT2D eigenvalue weighted by Gasteiger charge is 2.31. The molecule has 3 rings (SSSR count). The Labute approximate surface area is 167 Å². The summed E-state index contributed by atoms with van der Waals surface area (Å²) in [6.45, 7) is 2.47. The first-order chi connectivity index (χ1) is 13.8. The molecule has 0 aromatic heterocycles. The number of hydrogen-bond donors (Lipinski definition) is 2. The fraction of sp³-hybridized carbons (Fsp3) is 0.381. The van der Waals surface area contributed by atoms with Crippen molar-refractivity contribution in [3.05, 3.63) is 65.2 Å². The first-order valence-corrected chi connectivity index (χ1v) is 9.41. The fourth-order valence-corrected chi connectivity index (χ4v) is 3.36. The van der Waals surface area contributed by atoms with Gasteiger partial charge in [0.2, 0.25) is 0 Å². The Morgan fingerprint density at radius 2 is 1.83 bits per heavy atom. The van der Waals surface area contributed by atoms with Crippen LogP contribution in [0.1, 0.15) is 27.9 Å². The summed E-state index contributed by atoms with van der Waals surface area (Å²) in [6, 6.07) is 13.0. The van der Waals surface area contributed by atoms with E-state index in [1.807, 2.05) is 12.1 Å². The molecule has 0 aliphatic carbocycles. The highest BCUT2D eigenvalue weighted by atomic mass is 19.4. The van der Waals surface area contributed by atoms with E-state index in [4.69, 9.17) is 0 Å². The Hall–Kier alpha value is -2.58. The van der Waals surface area contributed by atoms with Crippen molar-refractivity contribution >= 4 is 5.91 Å². The molecule has 2 N–H and O–H groups in total. The summed E-state index contributed by atoms with van der Waals surface area (Å²) < 4.78 is 40.2. The van der Waals surface area contributed by atoms with Gasteiger partial charge in [-0.05, 0) is 48.2 Å². The summed E-state index contributed by atoms with van der Waals surface area (Å²) in [6.07, 6.45) is -4.01. The lowest BCUT2D eigenvalue weighted by atomic mass is 9.99. The van der Waals surface area contributed by atoms with Crippen molar-refractivity contribution in [1.82, 2.24) is 10.2 Å². The molecule has 5 nitrogen and oxygen atoms in total. The van der Waals surface area contributed by atoms with E-state index in [-0.39, 0.29) is 17.9 Å². The highest BCUT2D eigenvalue weighted by molar-refractivity contribution is 5.94. The molecule has 29 heavy (non-hydrogen) atoms. The van der Waals surface area contributed by atoms with Crippen LogP contribution < -0.4 is 10.1 Å². The van der Waals surface area contributed by atoms with E-state index >= 15 is 0 Å². The summed E-state index contributed by atoms with van der Waals surface area (Å²) in [7, 11) is 0. The third-order valence-corrected chi connectivity index (χ3v) is 4.79. The Balaban J connectivity index is 1.40. The van der Waals surface area contributed by atoms with Crippen molar-refractivity contribution in [1.29, 1.82) is 0 Å². The predicted molar refractivity (Wildman–Crippen MR) is 102 cm³/mol. The molecule has 0 radical (unpaired) electrons. The van der Waals surface area contributed by atoms with Gasteiger partial charge in [0, 0.05) is 31.7 Å². The molecule has 2 aromatic rings. The third-order valence-electron chi connectivity index (χ3n) is 4.79. The standard InChI is InChI=1S/C21H23F3N2O3/c22-21(23,24)29-19-7-5-16(6-8-19)20(28)25-11-9-18(27)14-26-12-10-15-3-1-2-4-17(15)13-26/h1-8,18,27H,9-14H2,(H,25,28). The molecule has 0 saturated carbocycles. The number of ether oxygens (including phenoxy) is 1. The SMILES string of the molecule is O=C(NCCC(O)CN1CCc2ccccc2C1)c1ccc(OC(F)(F)F)cc1. The normalized spacial score (nSPS) is 15.4. The van der Waals surface area contributed by atoms with Crippen LogP contribution in [-0.2, 0) is 13.0 Å². The lowest BCUT2D eigenvalue weighted by molar-refractivity contribution is -0.274. The van der Waals surface area contributed by atoms with Crippen LogP contribution in [0, 0.1) is 0 Å². The highest BCUT2D eigenvalue weighted by Crippen LogP contribution is 2.23. The van der Waals surface area contributed by atoms with Crippen LogP contribution in [0.2, 0.25) is 0 Å².